The summed E-state index contributed by atoms with van der Waals surface area (Å²) in [5.41, 5.74) is 6.54. The smallest absolute Gasteiger partial charge is 0.387 e. The van der Waals surface area contributed by atoms with Gasteiger partial charge in [0.05, 0.1) is 25.2 Å². The van der Waals surface area contributed by atoms with Crippen LogP contribution in [0.5, 0.6) is 5.75 Å². The number of amides is 1. The number of carbonyl (C=O) groups is 1. The molecular formula is C21H22F2N4O5S. The van der Waals surface area contributed by atoms with Gasteiger partial charge in [-0.1, -0.05) is 6.07 Å². The van der Waals surface area contributed by atoms with Crippen LogP contribution in [0.25, 0.3) is 0 Å². The first-order valence-corrected chi connectivity index (χ1v) is 11.6. The van der Waals surface area contributed by atoms with E-state index in [1.54, 1.807) is 18.2 Å². The molecule has 3 heterocycles. The number of hydrogen-bond donors (Lipinski definition) is 2. The summed E-state index contributed by atoms with van der Waals surface area (Å²) < 4.78 is 59.1. The van der Waals surface area contributed by atoms with Gasteiger partial charge >= 0.3 is 6.61 Å². The molecule has 176 valence electrons. The number of aliphatic imine (C=N–C) groups is 1. The monoisotopic (exact) mass is 480 g/mol. The fourth-order valence-electron chi connectivity index (χ4n) is 3.77. The maximum atomic E-state index is 13.0. The Balaban J connectivity index is 1.64. The number of carbonyl (C=O) groups excluding carboxylic acids is 1. The van der Waals surface area contributed by atoms with Gasteiger partial charge in [0.25, 0.3) is 5.91 Å². The molecule has 2 aliphatic rings. The molecule has 4 rings (SSSR count). The molecule has 12 heteroatoms. The Hall–Kier alpha value is -3.12. The van der Waals surface area contributed by atoms with Gasteiger partial charge in [-0.2, -0.15) is 8.78 Å². The Morgan fingerprint density at radius 2 is 2.03 bits per heavy atom. The second kappa shape index (κ2) is 8.03. The molecule has 9 nitrogen and oxygen atoms in total. The van der Waals surface area contributed by atoms with Crippen LogP contribution in [0.2, 0.25) is 0 Å². The number of aromatic nitrogens is 1. The number of nitrogens with zero attached hydrogens (tertiary/aromatic N) is 2. The van der Waals surface area contributed by atoms with Crippen LogP contribution >= 0.6 is 0 Å². The SMILES string of the molecule is CC1(C)C(N)=NC2(COCc3ccc(NC(=O)c4ccc(OC(F)F)cn4)cc32)CS1(=O)=O. The standard InChI is InChI=1S/C21H22F2N4O5S/c1-20(2)18(24)27-21(11-33(20,29)30)10-31-9-12-3-4-13(7-15(12)21)26-17(28)16-6-5-14(8-25-16)32-19(22)23/h3-8,19H,9-11H2,1-2H3,(H2,24,27)(H,26,28). The fourth-order valence-corrected chi connectivity index (χ4v) is 5.42. The molecule has 2 aromatic rings. The number of fused-ring (bicyclic) bond motifs is 2. The lowest BCUT2D eigenvalue weighted by Crippen LogP contribution is -2.57. The molecule has 1 amide bonds. The Morgan fingerprint density at radius 1 is 1.27 bits per heavy atom. The lowest BCUT2D eigenvalue weighted by atomic mass is 9.86. The number of alkyl halides is 2. The second-order valence-electron chi connectivity index (χ2n) is 8.37. The van der Waals surface area contributed by atoms with E-state index in [1.807, 2.05) is 0 Å². The van der Waals surface area contributed by atoms with Crippen molar-refractivity contribution in [1.82, 2.24) is 4.98 Å². The Morgan fingerprint density at radius 3 is 2.67 bits per heavy atom. The van der Waals surface area contributed by atoms with Gasteiger partial charge < -0.3 is 20.5 Å². The summed E-state index contributed by atoms with van der Waals surface area (Å²) in [4.78, 5) is 21.0. The van der Waals surface area contributed by atoms with Crippen LogP contribution in [-0.2, 0) is 26.7 Å². The molecule has 0 saturated heterocycles. The van der Waals surface area contributed by atoms with Crippen LogP contribution in [0, 0.1) is 0 Å². The highest BCUT2D eigenvalue weighted by Gasteiger charge is 2.52. The molecule has 1 spiro atoms. The van der Waals surface area contributed by atoms with Crippen molar-refractivity contribution in [2.24, 2.45) is 10.7 Å². The predicted octanol–water partition coefficient (Wildman–Crippen LogP) is 2.22. The molecular weight excluding hydrogens is 458 g/mol. The lowest BCUT2D eigenvalue weighted by Gasteiger charge is -2.42. The molecule has 3 N–H and O–H groups in total. The van der Waals surface area contributed by atoms with Gasteiger partial charge in [0.2, 0.25) is 0 Å². The van der Waals surface area contributed by atoms with Crippen LogP contribution in [-0.4, -0.2) is 48.9 Å². The zero-order valence-electron chi connectivity index (χ0n) is 17.8. The highest BCUT2D eigenvalue weighted by Crippen LogP contribution is 2.42. The third-order valence-corrected chi connectivity index (χ3v) is 8.44. The molecule has 1 atom stereocenters. The third-order valence-electron chi connectivity index (χ3n) is 5.82. The summed E-state index contributed by atoms with van der Waals surface area (Å²) in [6, 6.07) is 7.47. The van der Waals surface area contributed by atoms with Gasteiger partial charge in [-0.3, -0.25) is 9.79 Å². The van der Waals surface area contributed by atoms with Crippen molar-refractivity contribution in [3.63, 3.8) is 0 Å². The minimum atomic E-state index is -3.65. The van der Waals surface area contributed by atoms with Crippen LogP contribution in [0.15, 0.2) is 41.5 Å². The number of benzene rings is 1. The Labute approximate surface area is 188 Å². The van der Waals surface area contributed by atoms with Crippen LogP contribution < -0.4 is 15.8 Å². The minimum Gasteiger partial charge on any atom is -0.433 e. The van der Waals surface area contributed by atoms with Crippen molar-refractivity contribution < 1.29 is 31.5 Å². The number of nitrogens with two attached hydrogens (primary N) is 1. The van der Waals surface area contributed by atoms with Gasteiger partial charge in [-0.15, -0.1) is 0 Å². The van der Waals surface area contributed by atoms with E-state index in [4.69, 9.17) is 10.5 Å². The van der Waals surface area contributed by atoms with Crippen LogP contribution in [0.4, 0.5) is 14.5 Å². The maximum absolute atomic E-state index is 13.0. The fraction of sp³-hybridized carbons (Fsp3) is 0.381. The first kappa shape index (κ1) is 23.1. The number of hydrogen-bond acceptors (Lipinski definition) is 8. The van der Waals surface area contributed by atoms with Gasteiger partial charge in [0, 0.05) is 5.69 Å². The number of ether oxygens (including phenoxy) is 2. The molecule has 0 saturated carbocycles. The summed E-state index contributed by atoms with van der Waals surface area (Å²) >= 11 is 0. The summed E-state index contributed by atoms with van der Waals surface area (Å²) in [6.07, 6.45) is 1.02. The van der Waals surface area contributed by atoms with Crippen LogP contribution in [0.1, 0.15) is 35.5 Å². The van der Waals surface area contributed by atoms with Crippen molar-refractivity contribution in [1.29, 1.82) is 0 Å². The molecule has 0 radical (unpaired) electrons. The summed E-state index contributed by atoms with van der Waals surface area (Å²) in [5, 5.41) is 2.68. The molecule has 1 aromatic heterocycles. The zero-order valence-corrected chi connectivity index (χ0v) is 18.7. The summed E-state index contributed by atoms with van der Waals surface area (Å²) in [7, 11) is -3.65. The van der Waals surface area contributed by atoms with Crippen molar-refractivity contribution in [3.8, 4) is 5.75 Å². The van der Waals surface area contributed by atoms with Gasteiger partial charge in [-0.05, 0) is 49.2 Å². The number of sulfone groups is 1. The summed E-state index contributed by atoms with van der Waals surface area (Å²) in [5.74, 6) is -1.05. The number of pyridine rings is 1. The van der Waals surface area contributed by atoms with Crippen molar-refractivity contribution in [2.45, 2.75) is 37.4 Å². The Bertz CT molecular complexity index is 1230. The highest BCUT2D eigenvalue weighted by molar-refractivity contribution is 7.93. The van der Waals surface area contributed by atoms with Gasteiger partial charge in [0.1, 0.15) is 27.6 Å². The molecule has 1 aromatic carbocycles. The van der Waals surface area contributed by atoms with E-state index >= 15 is 0 Å². The largest absolute Gasteiger partial charge is 0.433 e. The number of anilines is 1. The predicted molar refractivity (Wildman–Crippen MR) is 116 cm³/mol. The van der Waals surface area contributed by atoms with E-state index < -0.39 is 32.6 Å². The van der Waals surface area contributed by atoms with Gasteiger partial charge in [-0.25, -0.2) is 13.4 Å². The molecule has 0 aliphatic carbocycles. The average molecular weight is 480 g/mol. The van der Waals surface area contributed by atoms with E-state index in [0.29, 0.717) is 11.3 Å². The topological polar surface area (TPSA) is 133 Å². The maximum Gasteiger partial charge on any atom is 0.387 e. The molecule has 33 heavy (non-hydrogen) atoms. The third kappa shape index (κ3) is 4.15. The second-order valence-corrected chi connectivity index (χ2v) is 10.9. The first-order valence-electron chi connectivity index (χ1n) is 9.95. The molecule has 1 unspecified atom stereocenters. The minimum absolute atomic E-state index is 0.00468. The molecule has 2 aliphatic heterocycles. The normalized spacial score (nSPS) is 23.0. The Kier molecular flexibility index (Phi) is 5.61. The number of nitrogens with one attached hydrogen (secondary N) is 1. The van der Waals surface area contributed by atoms with Gasteiger partial charge in [0.15, 0.2) is 9.84 Å². The molecule has 0 bridgehead atoms. The molecule has 0 fully saturated rings. The van der Waals surface area contributed by atoms with E-state index in [1.165, 1.54) is 26.0 Å². The van der Waals surface area contributed by atoms with Crippen molar-refractivity contribution in [2.75, 3.05) is 17.7 Å². The average Bonchev–Trinajstić information content (AvgIpc) is 2.73. The van der Waals surface area contributed by atoms with E-state index in [0.717, 1.165) is 11.8 Å². The van der Waals surface area contributed by atoms with E-state index in [-0.39, 0.29) is 36.2 Å². The highest BCUT2D eigenvalue weighted by atomic mass is 32.2. The van der Waals surface area contributed by atoms with E-state index in [9.17, 15) is 22.0 Å². The quantitative estimate of drug-likeness (QED) is 0.686. The lowest BCUT2D eigenvalue weighted by molar-refractivity contribution is -0.0500. The zero-order chi connectivity index (χ0) is 24.0. The first-order chi connectivity index (χ1) is 15.4. The number of halogens is 2. The van der Waals surface area contributed by atoms with Crippen molar-refractivity contribution >= 4 is 27.3 Å². The van der Waals surface area contributed by atoms with E-state index in [2.05, 4.69) is 20.0 Å². The number of rotatable bonds is 4. The summed E-state index contributed by atoms with van der Waals surface area (Å²) in [6.45, 7) is 0.321. The number of amidine groups is 1. The van der Waals surface area contributed by atoms with Crippen molar-refractivity contribution in [3.05, 3.63) is 53.3 Å². The van der Waals surface area contributed by atoms with Crippen LogP contribution in [0.3, 0.4) is 0 Å².